The third-order valence-electron chi connectivity index (χ3n) is 5.23. The summed E-state index contributed by atoms with van der Waals surface area (Å²) in [5.74, 6) is 2.63. The van der Waals surface area contributed by atoms with E-state index in [9.17, 15) is 5.11 Å². The van der Waals surface area contributed by atoms with E-state index in [1.54, 1.807) is 25.4 Å². The largest absolute Gasteiger partial charge is 0.495 e. The Morgan fingerprint density at radius 1 is 1.23 bits per heavy atom. The van der Waals surface area contributed by atoms with E-state index in [-0.39, 0.29) is 12.6 Å². The molecule has 5 rings (SSSR count). The fraction of sp³-hybridized carbons (Fsp3) is 0.182. The second-order valence-corrected chi connectivity index (χ2v) is 7.91. The summed E-state index contributed by atoms with van der Waals surface area (Å²) in [4.78, 5) is 14.4. The zero-order chi connectivity index (χ0) is 21.5. The molecule has 0 amide bonds. The molecule has 0 spiro atoms. The molecule has 0 radical (unpaired) electrons. The predicted molar refractivity (Wildman–Crippen MR) is 121 cm³/mol. The zero-order valence-corrected chi connectivity index (χ0v) is 18.0. The summed E-state index contributed by atoms with van der Waals surface area (Å²) >= 11 is 12.3. The van der Waals surface area contributed by atoms with Crippen LogP contribution in [0, 0.1) is 0 Å². The summed E-state index contributed by atoms with van der Waals surface area (Å²) in [6.07, 6.45) is 1.65. The zero-order valence-electron chi connectivity index (χ0n) is 16.5. The van der Waals surface area contributed by atoms with Gasteiger partial charge in [-0.25, -0.2) is 9.97 Å². The molecule has 158 valence electrons. The maximum absolute atomic E-state index is 9.97. The second kappa shape index (κ2) is 7.92. The highest BCUT2D eigenvalue weighted by Crippen LogP contribution is 2.44. The van der Waals surface area contributed by atoms with Crippen LogP contribution in [0.2, 0.25) is 10.0 Å². The number of methoxy groups -OCH3 is 1. The lowest BCUT2D eigenvalue weighted by Crippen LogP contribution is -2.43. The van der Waals surface area contributed by atoms with E-state index in [2.05, 4.69) is 15.0 Å². The Balaban J connectivity index is 1.63. The molecule has 1 aliphatic rings. The first-order valence-corrected chi connectivity index (χ1v) is 10.4. The molecular formula is C22H18Cl2N4O3. The maximum Gasteiger partial charge on any atom is 0.154 e. The molecule has 7 nitrogen and oxygen atoms in total. The Hall–Kier alpha value is -3.00. The van der Waals surface area contributed by atoms with Crippen molar-refractivity contribution in [3.05, 3.63) is 58.7 Å². The molecular weight excluding hydrogens is 439 g/mol. The van der Waals surface area contributed by atoms with Gasteiger partial charge in [0.05, 0.1) is 58.3 Å². The van der Waals surface area contributed by atoms with Gasteiger partial charge in [0.15, 0.2) is 5.75 Å². The number of imidazole rings is 1. The molecule has 31 heavy (non-hydrogen) atoms. The van der Waals surface area contributed by atoms with Gasteiger partial charge in [0, 0.05) is 0 Å². The minimum absolute atomic E-state index is 0.0843. The van der Waals surface area contributed by atoms with Gasteiger partial charge in [-0.1, -0.05) is 29.3 Å². The lowest BCUT2D eigenvalue weighted by molar-refractivity contribution is 0.195. The first kappa shape index (κ1) is 19.9. The molecule has 0 aliphatic carbocycles. The van der Waals surface area contributed by atoms with Gasteiger partial charge in [-0.15, -0.1) is 0 Å². The highest BCUT2D eigenvalue weighted by Gasteiger charge is 2.31. The third kappa shape index (κ3) is 3.44. The van der Waals surface area contributed by atoms with Crippen molar-refractivity contribution in [3.8, 4) is 22.9 Å². The van der Waals surface area contributed by atoms with Crippen LogP contribution in [0.5, 0.6) is 11.5 Å². The number of hydrogen-bond donors (Lipinski definition) is 2. The van der Waals surface area contributed by atoms with Crippen LogP contribution in [-0.4, -0.2) is 46.4 Å². The molecule has 0 unspecified atom stereocenters. The minimum atomic E-state index is -0.281. The number of aromatic nitrogens is 3. The van der Waals surface area contributed by atoms with Crippen LogP contribution in [0.1, 0.15) is 0 Å². The van der Waals surface area contributed by atoms with Crippen molar-refractivity contribution in [2.75, 3.05) is 25.2 Å². The first-order chi connectivity index (χ1) is 15.1. The molecule has 1 aliphatic heterocycles. The molecule has 0 bridgehead atoms. The van der Waals surface area contributed by atoms with Gasteiger partial charge in [0.1, 0.15) is 24.0 Å². The smallest absolute Gasteiger partial charge is 0.154 e. The normalized spacial score (nSPS) is 15.6. The predicted octanol–water partition coefficient (Wildman–Crippen LogP) is 4.83. The lowest BCUT2D eigenvalue weighted by Gasteiger charge is -2.37. The van der Waals surface area contributed by atoms with Crippen molar-refractivity contribution in [3.63, 3.8) is 0 Å². The fourth-order valence-electron chi connectivity index (χ4n) is 3.72. The fourth-order valence-corrected chi connectivity index (χ4v) is 4.04. The topological polar surface area (TPSA) is 83.5 Å². The Labute approximate surface area is 188 Å². The van der Waals surface area contributed by atoms with Gasteiger partial charge >= 0.3 is 0 Å². The number of H-pyrrole nitrogens is 1. The Kier molecular flexibility index (Phi) is 5.09. The van der Waals surface area contributed by atoms with Crippen molar-refractivity contribution >= 4 is 45.7 Å². The van der Waals surface area contributed by atoms with Gasteiger partial charge in [0.2, 0.25) is 0 Å². The van der Waals surface area contributed by atoms with Gasteiger partial charge in [-0.2, -0.15) is 0 Å². The minimum Gasteiger partial charge on any atom is -0.495 e. The van der Waals surface area contributed by atoms with Gasteiger partial charge < -0.3 is 24.5 Å². The van der Waals surface area contributed by atoms with Crippen molar-refractivity contribution < 1.29 is 14.6 Å². The molecule has 0 saturated heterocycles. The van der Waals surface area contributed by atoms with E-state index in [1.807, 2.05) is 35.2 Å². The SMILES string of the molecule is COc1ccc(N2c3cccc(-c4nc5cc(Cl)c(Cl)cc5[nH]4)c3OC[C@@H]2CO)nc1. The molecule has 1 atom stereocenters. The van der Waals surface area contributed by atoms with Crippen molar-refractivity contribution in [2.45, 2.75) is 6.04 Å². The maximum atomic E-state index is 9.97. The number of aliphatic hydroxyl groups excluding tert-OH is 1. The van der Waals surface area contributed by atoms with E-state index in [0.717, 1.165) is 16.8 Å². The lowest BCUT2D eigenvalue weighted by atomic mass is 10.1. The van der Waals surface area contributed by atoms with E-state index in [4.69, 9.17) is 32.7 Å². The molecule has 2 aromatic carbocycles. The number of benzene rings is 2. The van der Waals surface area contributed by atoms with Crippen LogP contribution >= 0.6 is 23.2 Å². The van der Waals surface area contributed by atoms with Crippen LogP contribution in [0.4, 0.5) is 11.5 Å². The molecule has 0 saturated carbocycles. The molecule has 2 N–H and O–H groups in total. The number of aromatic amines is 1. The summed E-state index contributed by atoms with van der Waals surface area (Å²) in [6, 6.07) is 12.7. The van der Waals surface area contributed by atoms with Crippen LogP contribution in [-0.2, 0) is 0 Å². The molecule has 4 aromatic rings. The highest BCUT2D eigenvalue weighted by atomic mass is 35.5. The molecule has 0 fully saturated rings. The van der Waals surface area contributed by atoms with Gasteiger partial charge in [-0.05, 0) is 36.4 Å². The number of nitrogens with zero attached hydrogens (tertiary/aromatic N) is 3. The Morgan fingerprint density at radius 3 is 2.81 bits per heavy atom. The molecule has 9 heteroatoms. The number of rotatable bonds is 4. The monoisotopic (exact) mass is 456 g/mol. The van der Waals surface area contributed by atoms with Crippen molar-refractivity contribution in [1.82, 2.24) is 15.0 Å². The summed E-state index contributed by atoms with van der Waals surface area (Å²) in [5.41, 5.74) is 3.06. The standard InChI is InChI=1S/C22H18Cl2N4O3/c1-30-13-5-6-20(25-9-13)28-12(10-29)11-31-21-14(3-2-4-19(21)28)22-26-17-7-15(23)16(24)8-18(17)27-22/h2-9,12,29H,10-11H2,1H3,(H,26,27)/t12-/m0/s1. The van der Waals surface area contributed by atoms with Crippen molar-refractivity contribution in [1.29, 1.82) is 0 Å². The van der Waals surface area contributed by atoms with Crippen molar-refractivity contribution in [2.24, 2.45) is 0 Å². The van der Waals surface area contributed by atoms with Crippen LogP contribution in [0.3, 0.4) is 0 Å². The van der Waals surface area contributed by atoms with E-state index >= 15 is 0 Å². The third-order valence-corrected chi connectivity index (χ3v) is 5.95. The summed E-state index contributed by atoms with van der Waals surface area (Å²) < 4.78 is 11.3. The van der Waals surface area contributed by atoms with Crippen LogP contribution in [0.15, 0.2) is 48.7 Å². The number of anilines is 2. The van der Waals surface area contributed by atoms with E-state index in [1.165, 1.54) is 0 Å². The number of halogens is 2. The molecule has 2 aromatic heterocycles. The van der Waals surface area contributed by atoms with Gasteiger partial charge in [-0.3, -0.25) is 0 Å². The first-order valence-electron chi connectivity index (χ1n) is 9.60. The van der Waals surface area contributed by atoms with Gasteiger partial charge in [0.25, 0.3) is 0 Å². The average molecular weight is 457 g/mol. The highest BCUT2D eigenvalue weighted by molar-refractivity contribution is 6.42. The van der Waals surface area contributed by atoms with Crippen LogP contribution in [0.25, 0.3) is 22.4 Å². The number of aliphatic hydroxyl groups is 1. The number of nitrogens with one attached hydrogen (secondary N) is 1. The molecule has 3 heterocycles. The van der Waals surface area contributed by atoms with E-state index in [0.29, 0.717) is 45.3 Å². The number of fused-ring (bicyclic) bond motifs is 2. The summed E-state index contributed by atoms with van der Waals surface area (Å²) in [7, 11) is 1.59. The number of pyridine rings is 1. The number of para-hydroxylation sites is 1. The Bertz CT molecular complexity index is 1220. The van der Waals surface area contributed by atoms with Crippen LogP contribution < -0.4 is 14.4 Å². The van der Waals surface area contributed by atoms with E-state index < -0.39 is 0 Å². The average Bonchev–Trinajstić information content (AvgIpc) is 3.20. The summed E-state index contributed by atoms with van der Waals surface area (Å²) in [5, 5.41) is 10.9. The second-order valence-electron chi connectivity index (χ2n) is 7.10. The Morgan fingerprint density at radius 2 is 2.06 bits per heavy atom. The quantitative estimate of drug-likeness (QED) is 0.457. The number of hydrogen-bond acceptors (Lipinski definition) is 6. The summed E-state index contributed by atoms with van der Waals surface area (Å²) in [6.45, 7) is 0.213. The number of ether oxygens (including phenoxy) is 2.